The van der Waals surface area contributed by atoms with E-state index in [9.17, 15) is 4.79 Å². The number of hydrogen-bond acceptors (Lipinski definition) is 7. The molecular weight excluding hydrogens is 452 g/mol. The molecule has 0 aromatic carbocycles. The third kappa shape index (κ3) is 4.23. The van der Waals surface area contributed by atoms with Crippen molar-refractivity contribution < 1.29 is 4.79 Å². The van der Waals surface area contributed by atoms with Crippen LogP contribution in [-0.2, 0) is 5.54 Å². The third-order valence-electron chi connectivity index (χ3n) is 8.52. The Labute approximate surface area is 213 Å². The highest BCUT2D eigenvalue weighted by Gasteiger charge is 2.42. The van der Waals surface area contributed by atoms with Gasteiger partial charge in [-0.3, -0.25) is 9.69 Å². The summed E-state index contributed by atoms with van der Waals surface area (Å²) in [5.41, 5.74) is 2.72. The van der Waals surface area contributed by atoms with Gasteiger partial charge in [-0.25, -0.2) is 4.98 Å². The Morgan fingerprint density at radius 3 is 2.75 bits per heavy atom. The fourth-order valence-corrected chi connectivity index (χ4v) is 6.21. The van der Waals surface area contributed by atoms with Crippen molar-refractivity contribution in [1.29, 1.82) is 0 Å². The zero-order valence-electron chi connectivity index (χ0n) is 21.5. The van der Waals surface area contributed by atoms with Crippen molar-refractivity contribution in [2.45, 2.75) is 57.7 Å². The molecule has 2 atom stereocenters. The largest absolute Gasteiger partial charge is 0.368 e. The SMILES string of the molecule is CCC(C)CN1CCN(C2=CNC(Nc3ncc4cc5n(c4n3)C3(CCCC3)CNC5=O)C=C2)CC1. The summed E-state index contributed by atoms with van der Waals surface area (Å²) >= 11 is 0. The van der Waals surface area contributed by atoms with Crippen LogP contribution in [0.5, 0.6) is 0 Å². The van der Waals surface area contributed by atoms with E-state index in [0.29, 0.717) is 18.2 Å². The van der Waals surface area contributed by atoms with Gasteiger partial charge < -0.3 is 25.4 Å². The van der Waals surface area contributed by atoms with Crippen molar-refractivity contribution in [2.75, 3.05) is 44.6 Å². The molecule has 192 valence electrons. The summed E-state index contributed by atoms with van der Waals surface area (Å²) in [6.07, 6.45) is 13.9. The number of nitrogens with zero attached hydrogens (tertiary/aromatic N) is 5. The first kappa shape index (κ1) is 23.3. The molecule has 5 heterocycles. The second-order valence-corrected chi connectivity index (χ2v) is 11.0. The van der Waals surface area contributed by atoms with Crippen LogP contribution in [0.15, 0.2) is 36.3 Å². The van der Waals surface area contributed by atoms with E-state index in [2.05, 4.69) is 67.5 Å². The minimum absolute atomic E-state index is 0.0182. The van der Waals surface area contributed by atoms with Gasteiger partial charge in [0.25, 0.3) is 5.91 Å². The molecule has 1 amide bonds. The van der Waals surface area contributed by atoms with E-state index in [4.69, 9.17) is 4.98 Å². The van der Waals surface area contributed by atoms with Crippen LogP contribution in [-0.4, -0.2) is 75.7 Å². The maximum Gasteiger partial charge on any atom is 0.268 e. The van der Waals surface area contributed by atoms with Crippen LogP contribution >= 0.6 is 0 Å². The topological polar surface area (TPSA) is 90.3 Å². The van der Waals surface area contributed by atoms with Crippen LogP contribution in [0.1, 0.15) is 56.4 Å². The Morgan fingerprint density at radius 1 is 1.22 bits per heavy atom. The number of fused-ring (bicyclic) bond motifs is 4. The summed E-state index contributed by atoms with van der Waals surface area (Å²) in [6, 6.07) is 1.93. The molecule has 2 aromatic heterocycles. The van der Waals surface area contributed by atoms with E-state index in [1.54, 1.807) is 0 Å². The van der Waals surface area contributed by atoms with Gasteiger partial charge in [-0.2, -0.15) is 4.98 Å². The Bertz CT molecular complexity index is 1190. The molecule has 3 aliphatic heterocycles. The number of rotatable bonds is 6. The summed E-state index contributed by atoms with van der Waals surface area (Å²) < 4.78 is 2.20. The first-order chi connectivity index (χ1) is 17.5. The Hall–Kier alpha value is -3.07. The van der Waals surface area contributed by atoms with Gasteiger partial charge in [0.05, 0.1) is 11.2 Å². The zero-order valence-corrected chi connectivity index (χ0v) is 21.5. The minimum Gasteiger partial charge on any atom is -0.368 e. The van der Waals surface area contributed by atoms with E-state index in [0.717, 1.165) is 56.0 Å². The number of amides is 1. The summed E-state index contributed by atoms with van der Waals surface area (Å²) in [6.45, 7) is 10.8. The highest BCUT2D eigenvalue weighted by Crippen LogP contribution is 2.41. The minimum atomic E-state index is -0.0857. The molecule has 1 saturated carbocycles. The number of anilines is 1. The molecule has 2 fully saturated rings. The normalized spacial score (nSPS) is 24.4. The van der Waals surface area contributed by atoms with E-state index >= 15 is 0 Å². The molecule has 0 radical (unpaired) electrons. The molecule has 2 unspecified atom stereocenters. The van der Waals surface area contributed by atoms with E-state index < -0.39 is 0 Å². The molecule has 1 aliphatic carbocycles. The van der Waals surface area contributed by atoms with Crippen molar-refractivity contribution in [3.8, 4) is 0 Å². The molecule has 9 heteroatoms. The molecule has 0 bridgehead atoms. The maximum absolute atomic E-state index is 12.6. The zero-order chi connectivity index (χ0) is 24.7. The van der Waals surface area contributed by atoms with E-state index in [-0.39, 0.29) is 17.6 Å². The Balaban J connectivity index is 1.13. The van der Waals surface area contributed by atoms with Crippen LogP contribution < -0.4 is 16.0 Å². The lowest BCUT2D eigenvalue weighted by molar-refractivity contribution is 0.0876. The smallest absolute Gasteiger partial charge is 0.268 e. The van der Waals surface area contributed by atoms with Gasteiger partial charge >= 0.3 is 0 Å². The van der Waals surface area contributed by atoms with Crippen LogP contribution in [0.4, 0.5) is 5.95 Å². The average Bonchev–Trinajstić information content (AvgIpc) is 3.53. The van der Waals surface area contributed by atoms with Crippen LogP contribution in [0.3, 0.4) is 0 Å². The first-order valence-electron chi connectivity index (χ1n) is 13.6. The van der Waals surface area contributed by atoms with E-state index in [1.807, 2.05) is 12.3 Å². The maximum atomic E-state index is 12.6. The number of carbonyl (C=O) groups excluding carboxylic acids is 1. The monoisotopic (exact) mass is 490 g/mol. The highest BCUT2D eigenvalue weighted by atomic mass is 16.2. The van der Waals surface area contributed by atoms with Crippen molar-refractivity contribution in [2.24, 2.45) is 5.92 Å². The fourth-order valence-electron chi connectivity index (χ4n) is 6.21. The molecule has 6 rings (SSSR count). The van der Waals surface area contributed by atoms with Crippen molar-refractivity contribution in [1.82, 2.24) is 35.0 Å². The van der Waals surface area contributed by atoms with Gasteiger partial charge in [-0.1, -0.05) is 33.1 Å². The lowest BCUT2D eigenvalue weighted by Crippen LogP contribution is -2.50. The molecule has 2 aromatic rings. The fraction of sp³-hybridized carbons (Fsp3) is 0.593. The molecule has 9 nitrogen and oxygen atoms in total. The van der Waals surface area contributed by atoms with Crippen LogP contribution in [0, 0.1) is 5.92 Å². The molecular formula is C27H38N8O. The number of carbonyl (C=O) groups is 1. The predicted molar refractivity (Wildman–Crippen MR) is 142 cm³/mol. The Kier molecular flexibility index (Phi) is 6.11. The van der Waals surface area contributed by atoms with Crippen molar-refractivity contribution in [3.63, 3.8) is 0 Å². The van der Waals surface area contributed by atoms with Crippen molar-refractivity contribution >= 4 is 22.9 Å². The summed E-state index contributed by atoms with van der Waals surface area (Å²) in [5.74, 6) is 1.31. The van der Waals surface area contributed by atoms with Gasteiger partial charge in [-0.05, 0) is 37.0 Å². The highest BCUT2D eigenvalue weighted by molar-refractivity contribution is 5.99. The van der Waals surface area contributed by atoms with Gasteiger partial charge in [0.15, 0.2) is 0 Å². The molecule has 1 spiro atoms. The number of piperazine rings is 1. The second kappa shape index (κ2) is 9.42. The number of nitrogens with one attached hydrogen (secondary N) is 3. The predicted octanol–water partition coefficient (Wildman–Crippen LogP) is 2.85. The first-order valence-corrected chi connectivity index (χ1v) is 13.6. The number of hydrogen-bond donors (Lipinski definition) is 3. The number of aromatic nitrogens is 3. The van der Waals surface area contributed by atoms with Gasteiger partial charge in [0.2, 0.25) is 5.95 Å². The lowest BCUT2D eigenvalue weighted by Gasteiger charge is -2.38. The quantitative estimate of drug-likeness (QED) is 0.574. The third-order valence-corrected chi connectivity index (χ3v) is 8.52. The summed E-state index contributed by atoms with van der Waals surface area (Å²) in [5, 5.41) is 10.9. The summed E-state index contributed by atoms with van der Waals surface area (Å²) in [4.78, 5) is 27.1. The van der Waals surface area contributed by atoms with Crippen LogP contribution in [0.2, 0.25) is 0 Å². The van der Waals surface area contributed by atoms with Gasteiger partial charge in [0, 0.05) is 57.1 Å². The molecule has 4 aliphatic rings. The van der Waals surface area contributed by atoms with Crippen LogP contribution in [0.25, 0.3) is 11.0 Å². The lowest BCUT2D eigenvalue weighted by atomic mass is 9.94. The molecule has 36 heavy (non-hydrogen) atoms. The standard InChI is InChI=1S/C27H38N8O/c1-3-19(2)17-33-10-12-34(13-11-33)21-6-7-23(28-16-21)31-26-29-15-20-14-22-25(36)30-18-27(8-4-5-9-27)35(22)24(20)32-26/h6-7,14-16,19,23,28H,3-5,8-13,17-18H2,1-2H3,(H,30,36)(H,29,31,32). The van der Waals surface area contributed by atoms with E-state index in [1.165, 1.54) is 31.5 Å². The van der Waals surface area contributed by atoms with Gasteiger partial charge in [-0.15, -0.1) is 0 Å². The molecule has 1 saturated heterocycles. The number of dihydropyridines is 1. The van der Waals surface area contributed by atoms with Gasteiger partial charge in [0.1, 0.15) is 17.5 Å². The Morgan fingerprint density at radius 2 is 2.03 bits per heavy atom. The second-order valence-electron chi connectivity index (χ2n) is 11.0. The number of allylic oxidation sites excluding steroid dienone is 1. The van der Waals surface area contributed by atoms with Crippen molar-refractivity contribution in [3.05, 3.63) is 42.0 Å². The summed E-state index contributed by atoms with van der Waals surface area (Å²) in [7, 11) is 0. The average molecular weight is 491 g/mol. The molecule has 3 N–H and O–H groups in total.